The molecular formula is C16H18BrNO2S. The van der Waals surface area contributed by atoms with Gasteiger partial charge in [0.2, 0.25) is 0 Å². The normalized spacial score (nSPS) is 13.1. The summed E-state index contributed by atoms with van der Waals surface area (Å²) >= 11 is 3.55. The van der Waals surface area contributed by atoms with Gasteiger partial charge in [0.05, 0.1) is 4.90 Å². The minimum atomic E-state index is -3.13. The summed E-state index contributed by atoms with van der Waals surface area (Å²) < 4.78 is 23.9. The topological polar surface area (TPSA) is 46.2 Å². The molecule has 0 spiro atoms. The SMILES string of the molecule is CC(NCc1ccc(S(C)(=O)=O)cc1)c1ccccc1Br. The van der Waals surface area contributed by atoms with Gasteiger partial charge in [0.15, 0.2) is 9.84 Å². The Hall–Kier alpha value is -1.17. The second-order valence-corrected chi connectivity index (χ2v) is 7.91. The quantitative estimate of drug-likeness (QED) is 0.875. The molecule has 0 aliphatic carbocycles. The van der Waals surface area contributed by atoms with E-state index >= 15 is 0 Å². The van der Waals surface area contributed by atoms with Crippen LogP contribution in [0.15, 0.2) is 57.9 Å². The molecule has 5 heteroatoms. The lowest BCUT2D eigenvalue weighted by Gasteiger charge is -2.16. The molecule has 0 saturated heterocycles. The van der Waals surface area contributed by atoms with E-state index in [1.165, 1.54) is 11.8 Å². The van der Waals surface area contributed by atoms with Crippen molar-refractivity contribution >= 4 is 25.8 Å². The summed E-state index contributed by atoms with van der Waals surface area (Å²) in [6.07, 6.45) is 1.22. The van der Waals surface area contributed by atoms with Crippen molar-refractivity contribution in [2.24, 2.45) is 0 Å². The van der Waals surface area contributed by atoms with E-state index in [0.717, 1.165) is 10.0 Å². The molecule has 1 N–H and O–H groups in total. The molecule has 2 aromatic rings. The highest BCUT2D eigenvalue weighted by Crippen LogP contribution is 2.23. The van der Waals surface area contributed by atoms with Gasteiger partial charge in [0.1, 0.15) is 0 Å². The molecule has 0 aliphatic heterocycles. The monoisotopic (exact) mass is 367 g/mol. The summed E-state index contributed by atoms with van der Waals surface area (Å²) in [5.41, 5.74) is 2.26. The van der Waals surface area contributed by atoms with Crippen LogP contribution in [0.4, 0.5) is 0 Å². The first-order valence-electron chi connectivity index (χ1n) is 6.65. The van der Waals surface area contributed by atoms with Crippen molar-refractivity contribution in [2.75, 3.05) is 6.26 Å². The highest BCUT2D eigenvalue weighted by Gasteiger charge is 2.09. The van der Waals surface area contributed by atoms with Crippen LogP contribution in [0.2, 0.25) is 0 Å². The molecule has 2 aromatic carbocycles. The molecule has 0 aromatic heterocycles. The summed E-state index contributed by atoms with van der Waals surface area (Å²) in [6.45, 7) is 2.79. The van der Waals surface area contributed by atoms with Crippen molar-refractivity contribution < 1.29 is 8.42 Å². The summed E-state index contributed by atoms with van der Waals surface area (Å²) in [5, 5.41) is 3.43. The number of benzene rings is 2. The third-order valence-corrected chi connectivity index (χ3v) is 5.19. The minimum Gasteiger partial charge on any atom is -0.306 e. The number of rotatable bonds is 5. The number of nitrogens with one attached hydrogen (secondary N) is 1. The van der Waals surface area contributed by atoms with E-state index in [1.807, 2.05) is 30.3 Å². The zero-order valence-corrected chi connectivity index (χ0v) is 14.4. The van der Waals surface area contributed by atoms with Crippen LogP contribution in [0.25, 0.3) is 0 Å². The van der Waals surface area contributed by atoms with Crippen LogP contribution >= 0.6 is 15.9 Å². The highest BCUT2D eigenvalue weighted by atomic mass is 79.9. The molecule has 2 rings (SSSR count). The Morgan fingerprint density at radius 1 is 1.10 bits per heavy atom. The van der Waals surface area contributed by atoms with Gasteiger partial charge in [-0.25, -0.2) is 8.42 Å². The second kappa shape index (κ2) is 6.73. The highest BCUT2D eigenvalue weighted by molar-refractivity contribution is 9.10. The molecule has 0 radical (unpaired) electrons. The fourth-order valence-corrected chi connectivity index (χ4v) is 3.32. The first-order chi connectivity index (χ1) is 9.88. The van der Waals surface area contributed by atoms with E-state index in [-0.39, 0.29) is 6.04 Å². The van der Waals surface area contributed by atoms with Crippen molar-refractivity contribution in [1.82, 2.24) is 5.32 Å². The van der Waals surface area contributed by atoms with Crippen LogP contribution in [0.3, 0.4) is 0 Å². The van der Waals surface area contributed by atoms with Crippen molar-refractivity contribution in [3.05, 3.63) is 64.1 Å². The minimum absolute atomic E-state index is 0.204. The van der Waals surface area contributed by atoms with E-state index < -0.39 is 9.84 Å². The van der Waals surface area contributed by atoms with Crippen LogP contribution in [0, 0.1) is 0 Å². The standard InChI is InChI=1S/C16H18BrNO2S/c1-12(15-5-3-4-6-16(15)17)18-11-13-7-9-14(10-8-13)21(2,19)20/h3-10,12,18H,11H2,1-2H3. The number of sulfone groups is 1. The van der Waals surface area contributed by atoms with Crippen LogP contribution in [0.1, 0.15) is 24.1 Å². The van der Waals surface area contributed by atoms with Gasteiger partial charge >= 0.3 is 0 Å². The lowest BCUT2D eigenvalue weighted by Crippen LogP contribution is -2.18. The summed E-state index contributed by atoms with van der Waals surface area (Å²) in [7, 11) is -3.13. The second-order valence-electron chi connectivity index (χ2n) is 5.04. The van der Waals surface area contributed by atoms with E-state index in [0.29, 0.717) is 11.4 Å². The van der Waals surface area contributed by atoms with E-state index in [4.69, 9.17) is 0 Å². The Kier molecular flexibility index (Phi) is 5.19. The van der Waals surface area contributed by atoms with Crippen LogP contribution in [-0.2, 0) is 16.4 Å². The molecule has 0 amide bonds. The molecule has 0 heterocycles. The van der Waals surface area contributed by atoms with E-state index in [9.17, 15) is 8.42 Å². The summed E-state index contributed by atoms with van der Waals surface area (Å²) in [5.74, 6) is 0. The molecule has 0 aliphatic rings. The van der Waals surface area contributed by atoms with Gasteiger partial charge in [-0.05, 0) is 36.2 Å². The fourth-order valence-electron chi connectivity index (χ4n) is 2.06. The average Bonchev–Trinajstić information content (AvgIpc) is 2.45. The third-order valence-electron chi connectivity index (χ3n) is 3.34. The Balaban J connectivity index is 2.02. The fraction of sp³-hybridized carbons (Fsp3) is 0.250. The molecular weight excluding hydrogens is 350 g/mol. The largest absolute Gasteiger partial charge is 0.306 e. The van der Waals surface area contributed by atoms with Crippen molar-refractivity contribution in [2.45, 2.75) is 24.4 Å². The molecule has 1 unspecified atom stereocenters. The number of hydrogen-bond donors (Lipinski definition) is 1. The number of hydrogen-bond acceptors (Lipinski definition) is 3. The molecule has 21 heavy (non-hydrogen) atoms. The van der Waals surface area contributed by atoms with E-state index in [1.54, 1.807) is 12.1 Å². The van der Waals surface area contributed by atoms with Crippen LogP contribution in [-0.4, -0.2) is 14.7 Å². The molecule has 0 bridgehead atoms. The van der Waals surface area contributed by atoms with Gasteiger partial charge < -0.3 is 5.32 Å². The first kappa shape index (κ1) is 16.2. The average molecular weight is 368 g/mol. The predicted octanol–water partition coefficient (Wildman–Crippen LogP) is 3.70. The van der Waals surface area contributed by atoms with Gasteiger partial charge in [-0.1, -0.05) is 46.3 Å². The molecule has 0 fully saturated rings. The van der Waals surface area contributed by atoms with Gasteiger partial charge in [-0.2, -0.15) is 0 Å². The molecule has 0 saturated carbocycles. The first-order valence-corrected chi connectivity index (χ1v) is 9.33. The van der Waals surface area contributed by atoms with Gasteiger partial charge in [-0.15, -0.1) is 0 Å². The Morgan fingerprint density at radius 3 is 2.29 bits per heavy atom. The third kappa shape index (κ3) is 4.40. The van der Waals surface area contributed by atoms with Gasteiger partial charge in [-0.3, -0.25) is 0 Å². The van der Waals surface area contributed by atoms with Crippen LogP contribution < -0.4 is 5.32 Å². The number of halogens is 1. The molecule has 1 atom stereocenters. The maximum atomic E-state index is 11.4. The maximum absolute atomic E-state index is 11.4. The lowest BCUT2D eigenvalue weighted by molar-refractivity contribution is 0.572. The molecule has 112 valence electrons. The Bertz CT molecular complexity index is 711. The summed E-state index contributed by atoms with van der Waals surface area (Å²) in [4.78, 5) is 0.352. The van der Waals surface area contributed by atoms with Crippen molar-refractivity contribution in [3.8, 4) is 0 Å². The van der Waals surface area contributed by atoms with Crippen molar-refractivity contribution in [3.63, 3.8) is 0 Å². The molecule has 3 nitrogen and oxygen atoms in total. The predicted molar refractivity (Wildman–Crippen MR) is 88.9 cm³/mol. The van der Waals surface area contributed by atoms with Crippen LogP contribution in [0.5, 0.6) is 0 Å². The zero-order chi connectivity index (χ0) is 15.5. The Morgan fingerprint density at radius 2 is 1.71 bits per heavy atom. The van der Waals surface area contributed by atoms with Crippen molar-refractivity contribution in [1.29, 1.82) is 0 Å². The Labute approximate surface area is 134 Å². The summed E-state index contributed by atoms with van der Waals surface area (Å²) in [6, 6.07) is 15.3. The smallest absolute Gasteiger partial charge is 0.175 e. The van der Waals surface area contributed by atoms with E-state index in [2.05, 4.69) is 34.2 Å². The lowest BCUT2D eigenvalue weighted by atomic mass is 10.1. The zero-order valence-electron chi connectivity index (χ0n) is 12.0. The van der Waals surface area contributed by atoms with Gasteiger partial charge in [0.25, 0.3) is 0 Å². The van der Waals surface area contributed by atoms with Gasteiger partial charge in [0, 0.05) is 23.3 Å². The maximum Gasteiger partial charge on any atom is 0.175 e.